The average molecular weight is 300 g/mol. The van der Waals surface area contributed by atoms with Crippen LogP contribution in [-0.4, -0.2) is 42.0 Å². The molecule has 2 heterocycles. The lowest BCUT2D eigenvalue weighted by Crippen LogP contribution is -2.52. The molecular weight excluding hydrogens is 274 g/mol. The molecule has 1 atom stereocenters. The molecule has 0 radical (unpaired) electrons. The molecule has 0 amide bonds. The van der Waals surface area contributed by atoms with E-state index in [9.17, 15) is 8.78 Å². The van der Waals surface area contributed by atoms with Gasteiger partial charge in [-0.25, -0.2) is 13.8 Å². The van der Waals surface area contributed by atoms with E-state index < -0.39 is 12.0 Å². The van der Waals surface area contributed by atoms with Gasteiger partial charge in [0.05, 0.1) is 6.54 Å². The smallest absolute Gasteiger partial charge is 0.296 e. The Morgan fingerprint density at radius 1 is 1.33 bits per heavy atom. The lowest BCUT2D eigenvalue weighted by molar-refractivity contribution is -0.136. The normalized spacial score (nSPS) is 21.6. The summed E-state index contributed by atoms with van der Waals surface area (Å²) in [5, 5.41) is 0. The zero-order valence-electron chi connectivity index (χ0n) is 13.6. The van der Waals surface area contributed by atoms with Crippen molar-refractivity contribution in [3.8, 4) is 5.88 Å². The maximum atomic E-state index is 13.8. The van der Waals surface area contributed by atoms with E-state index in [0.717, 1.165) is 5.56 Å². The minimum absolute atomic E-state index is 0.262. The van der Waals surface area contributed by atoms with Gasteiger partial charge in [0.1, 0.15) is 0 Å². The van der Waals surface area contributed by atoms with Gasteiger partial charge in [0.15, 0.2) is 6.10 Å². The Labute approximate surface area is 126 Å². The summed E-state index contributed by atoms with van der Waals surface area (Å²) >= 11 is 0. The third kappa shape index (κ3) is 4.92. The second-order valence-electron chi connectivity index (χ2n) is 5.48. The number of halogens is 2. The summed E-state index contributed by atoms with van der Waals surface area (Å²) in [5.74, 6) is -2.18. The Kier molecular flexibility index (Phi) is 6.52. The van der Waals surface area contributed by atoms with E-state index in [1.54, 1.807) is 24.2 Å². The van der Waals surface area contributed by atoms with Crippen LogP contribution in [0.4, 0.5) is 8.78 Å². The van der Waals surface area contributed by atoms with Crippen molar-refractivity contribution in [1.82, 2.24) is 9.88 Å². The summed E-state index contributed by atoms with van der Waals surface area (Å²) in [5.41, 5.74) is 1.07. The summed E-state index contributed by atoms with van der Waals surface area (Å²) < 4.78 is 33.0. The molecule has 0 N–H and O–H groups in total. The first kappa shape index (κ1) is 17.8. The number of hydrogen-bond acceptors (Lipinski definition) is 3. The molecule has 1 aromatic rings. The van der Waals surface area contributed by atoms with Gasteiger partial charge in [0.2, 0.25) is 5.88 Å². The molecule has 2 rings (SSSR count). The van der Waals surface area contributed by atoms with E-state index in [4.69, 9.17) is 4.74 Å². The number of rotatable bonds is 3. The number of likely N-dealkylation sites (tertiary alicyclic amines) is 1. The minimum atomic E-state index is -2.83. The third-order valence-corrected chi connectivity index (χ3v) is 3.41. The van der Waals surface area contributed by atoms with E-state index in [-0.39, 0.29) is 12.4 Å². The van der Waals surface area contributed by atoms with Crippen LogP contribution in [0.25, 0.3) is 0 Å². The van der Waals surface area contributed by atoms with E-state index >= 15 is 0 Å². The van der Waals surface area contributed by atoms with Crippen molar-refractivity contribution in [2.24, 2.45) is 0 Å². The molecule has 1 unspecified atom stereocenters. The van der Waals surface area contributed by atoms with Gasteiger partial charge < -0.3 is 9.64 Å². The Hall–Kier alpha value is -1.23. The minimum Gasteiger partial charge on any atom is -0.468 e. The molecule has 1 aliphatic heterocycles. The van der Waals surface area contributed by atoms with Crippen molar-refractivity contribution in [3.63, 3.8) is 0 Å². The lowest BCUT2D eigenvalue weighted by Gasteiger charge is -2.36. The molecule has 0 aliphatic carbocycles. The molecule has 3 nitrogen and oxygen atoms in total. The Balaban J connectivity index is 0.00000106. The monoisotopic (exact) mass is 300 g/mol. The highest BCUT2D eigenvalue weighted by atomic mass is 19.3. The second kappa shape index (κ2) is 7.69. The van der Waals surface area contributed by atoms with Crippen LogP contribution in [0.5, 0.6) is 5.88 Å². The van der Waals surface area contributed by atoms with Gasteiger partial charge in [-0.05, 0) is 18.5 Å². The molecule has 21 heavy (non-hydrogen) atoms. The Morgan fingerprint density at radius 2 is 2.00 bits per heavy atom. The number of piperidine rings is 1. The number of pyridine rings is 1. The van der Waals surface area contributed by atoms with E-state index in [1.165, 1.54) is 0 Å². The summed E-state index contributed by atoms with van der Waals surface area (Å²) in [6.07, 6.45) is 0.922. The van der Waals surface area contributed by atoms with Gasteiger partial charge in [-0.2, -0.15) is 0 Å². The van der Waals surface area contributed by atoms with Gasteiger partial charge in [-0.1, -0.05) is 33.8 Å². The molecule has 0 spiro atoms. The summed E-state index contributed by atoms with van der Waals surface area (Å²) in [7, 11) is 1.69. The van der Waals surface area contributed by atoms with Gasteiger partial charge in [0.25, 0.3) is 5.92 Å². The van der Waals surface area contributed by atoms with Crippen LogP contribution >= 0.6 is 0 Å². The third-order valence-electron chi connectivity index (χ3n) is 3.41. The Bertz CT molecular complexity index is 421. The number of alkyl halides is 2. The van der Waals surface area contributed by atoms with Crippen LogP contribution in [0.15, 0.2) is 18.3 Å². The topological polar surface area (TPSA) is 25.4 Å². The van der Waals surface area contributed by atoms with Crippen LogP contribution in [0, 0.1) is 0 Å². The fourth-order valence-electron chi connectivity index (χ4n) is 2.18. The highest BCUT2D eigenvalue weighted by Gasteiger charge is 2.45. The maximum Gasteiger partial charge on any atom is 0.296 e. The molecule has 0 aromatic carbocycles. The molecule has 1 aromatic heterocycles. The van der Waals surface area contributed by atoms with E-state index in [0.29, 0.717) is 18.9 Å². The van der Waals surface area contributed by atoms with Crippen molar-refractivity contribution in [1.29, 1.82) is 0 Å². The maximum absolute atomic E-state index is 13.8. The summed E-state index contributed by atoms with van der Waals surface area (Å²) in [6, 6.07) is 3.55. The fraction of sp³-hybridized carbons (Fsp3) is 0.688. The SMILES string of the molecule is CC.CC(C)c1ccc(OC2CCN(C)CC2(F)F)nc1. The standard InChI is InChI=1S/C14H20F2N2O.C2H6/c1-10(2)11-4-5-13(17-8-11)19-12-6-7-18(3)9-14(12,15)16;1-2/h4-5,8,10,12H,6-7,9H2,1-3H3;1-2H3. The number of aromatic nitrogens is 1. The van der Waals surface area contributed by atoms with E-state index in [2.05, 4.69) is 18.8 Å². The molecular formula is C16H26F2N2O. The van der Waals surface area contributed by atoms with Crippen LogP contribution in [0.3, 0.4) is 0 Å². The molecule has 1 saturated heterocycles. The van der Waals surface area contributed by atoms with Crippen LogP contribution in [0.1, 0.15) is 45.6 Å². The van der Waals surface area contributed by atoms with Crippen LogP contribution in [0.2, 0.25) is 0 Å². The highest BCUT2D eigenvalue weighted by molar-refractivity contribution is 5.20. The Morgan fingerprint density at radius 3 is 2.48 bits per heavy atom. The number of ether oxygens (including phenoxy) is 1. The lowest BCUT2D eigenvalue weighted by atomic mass is 10.0. The molecule has 1 aliphatic rings. The van der Waals surface area contributed by atoms with Crippen molar-refractivity contribution >= 4 is 0 Å². The predicted octanol–water partition coefficient (Wildman–Crippen LogP) is 3.95. The van der Waals surface area contributed by atoms with Gasteiger partial charge >= 0.3 is 0 Å². The molecule has 0 saturated carbocycles. The van der Waals surface area contributed by atoms with Crippen molar-refractivity contribution < 1.29 is 13.5 Å². The van der Waals surface area contributed by atoms with Crippen molar-refractivity contribution in [2.75, 3.05) is 20.1 Å². The largest absolute Gasteiger partial charge is 0.468 e. The summed E-state index contributed by atoms with van der Waals surface area (Å²) in [6.45, 7) is 8.47. The van der Waals surface area contributed by atoms with Gasteiger partial charge in [-0.3, -0.25) is 0 Å². The van der Waals surface area contributed by atoms with Crippen molar-refractivity contribution in [2.45, 2.75) is 52.1 Å². The fourth-order valence-corrected chi connectivity index (χ4v) is 2.18. The first-order valence-electron chi connectivity index (χ1n) is 7.57. The highest BCUT2D eigenvalue weighted by Crippen LogP contribution is 2.30. The zero-order valence-corrected chi connectivity index (χ0v) is 13.6. The van der Waals surface area contributed by atoms with Crippen molar-refractivity contribution in [3.05, 3.63) is 23.9 Å². The van der Waals surface area contributed by atoms with Crippen LogP contribution < -0.4 is 4.74 Å². The second-order valence-corrected chi connectivity index (χ2v) is 5.48. The van der Waals surface area contributed by atoms with Gasteiger partial charge in [-0.15, -0.1) is 0 Å². The number of hydrogen-bond donors (Lipinski definition) is 0. The first-order valence-corrected chi connectivity index (χ1v) is 7.57. The van der Waals surface area contributed by atoms with E-state index in [1.807, 2.05) is 19.9 Å². The summed E-state index contributed by atoms with van der Waals surface area (Å²) in [4.78, 5) is 5.73. The molecule has 5 heteroatoms. The quantitative estimate of drug-likeness (QED) is 0.845. The predicted molar refractivity (Wildman–Crippen MR) is 81.2 cm³/mol. The average Bonchev–Trinajstić information content (AvgIpc) is 2.44. The molecule has 1 fully saturated rings. The van der Waals surface area contributed by atoms with Crippen LogP contribution in [-0.2, 0) is 0 Å². The molecule has 120 valence electrons. The first-order chi connectivity index (χ1) is 9.88. The van der Waals surface area contributed by atoms with Gasteiger partial charge in [0, 0.05) is 25.2 Å². The molecule has 0 bridgehead atoms. The zero-order chi connectivity index (χ0) is 16.0. The number of nitrogens with zero attached hydrogens (tertiary/aromatic N) is 2.